The number of esters is 1. The van der Waals surface area contributed by atoms with Crippen LogP contribution in [0.1, 0.15) is 24.1 Å². The van der Waals surface area contributed by atoms with Gasteiger partial charge >= 0.3 is 5.97 Å². The lowest BCUT2D eigenvalue weighted by molar-refractivity contribution is -0.384. The van der Waals surface area contributed by atoms with Crippen molar-refractivity contribution in [1.82, 2.24) is 14.8 Å². The Morgan fingerprint density at radius 1 is 1.35 bits per heavy atom. The number of carbonyl (C=O) groups is 1. The van der Waals surface area contributed by atoms with Crippen LogP contribution in [0.15, 0.2) is 77.6 Å². The summed E-state index contributed by atoms with van der Waals surface area (Å²) in [6, 6.07) is 12.8. The molecule has 0 spiro atoms. The number of aromatic nitrogens is 3. The predicted octanol–water partition coefficient (Wildman–Crippen LogP) is 5.15. The Morgan fingerprint density at radius 3 is 2.88 bits per heavy atom. The normalized spacial score (nSPS) is 14.8. The Morgan fingerprint density at radius 2 is 2.15 bits per heavy atom. The van der Waals surface area contributed by atoms with E-state index in [1.807, 2.05) is 24.3 Å². The van der Waals surface area contributed by atoms with E-state index in [4.69, 9.17) is 16.3 Å². The van der Waals surface area contributed by atoms with Crippen LogP contribution in [0.3, 0.4) is 0 Å². The zero-order chi connectivity index (χ0) is 24.2. The zero-order valence-corrected chi connectivity index (χ0v) is 19.7. The molecule has 1 unspecified atom stereocenters. The Hall–Kier alpha value is -3.63. The van der Waals surface area contributed by atoms with Crippen LogP contribution in [-0.4, -0.2) is 32.3 Å². The van der Waals surface area contributed by atoms with Gasteiger partial charge in [-0.05, 0) is 24.1 Å². The van der Waals surface area contributed by atoms with Gasteiger partial charge in [-0.2, -0.15) is 4.98 Å². The number of nitro benzene ring substituents is 1. The number of ether oxygens (including phenoxy) is 1. The van der Waals surface area contributed by atoms with Gasteiger partial charge in [0, 0.05) is 28.6 Å². The predicted molar refractivity (Wildman–Crippen MR) is 130 cm³/mol. The fourth-order valence-corrected chi connectivity index (χ4v) is 4.66. The maximum Gasteiger partial charge on any atom is 0.338 e. The molecule has 0 saturated carbocycles. The van der Waals surface area contributed by atoms with Crippen molar-refractivity contribution < 1.29 is 14.5 Å². The number of thioether (sulfide) groups is 1. The molecule has 1 aliphatic heterocycles. The molecule has 1 N–H and O–H groups in total. The molecular weight excluding hydrogens is 478 g/mol. The highest BCUT2D eigenvalue weighted by molar-refractivity contribution is 7.98. The van der Waals surface area contributed by atoms with Gasteiger partial charge in [-0.1, -0.05) is 66.3 Å². The number of nitrogens with one attached hydrogen (secondary N) is 1. The van der Waals surface area contributed by atoms with Crippen LogP contribution in [-0.2, 0) is 15.3 Å². The molecule has 1 aliphatic rings. The highest BCUT2D eigenvalue weighted by atomic mass is 35.5. The molecule has 0 amide bonds. The SMILES string of the molecule is C=CCOC(=O)C1=C(C)Nc2nc(SCc3ccccc3Cl)nn2C1c1cccc([N+](=O)[O-])c1. The minimum Gasteiger partial charge on any atom is -0.458 e. The lowest BCUT2D eigenvalue weighted by Gasteiger charge is -2.27. The van der Waals surface area contributed by atoms with Crippen molar-refractivity contribution in [2.75, 3.05) is 11.9 Å². The van der Waals surface area contributed by atoms with E-state index < -0.39 is 16.9 Å². The van der Waals surface area contributed by atoms with E-state index in [2.05, 4.69) is 22.0 Å². The summed E-state index contributed by atoms with van der Waals surface area (Å²) < 4.78 is 6.85. The number of fused-ring (bicyclic) bond motifs is 1. The monoisotopic (exact) mass is 497 g/mol. The average Bonchev–Trinajstić information content (AvgIpc) is 3.23. The highest BCUT2D eigenvalue weighted by Crippen LogP contribution is 2.38. The van der Waals surface area contributed by atoms with Crippen molar-refractivity contribution in [3.05, 3.63) is 98.7 Å². The van der Waals surface area contributed by atoms with Gasteiger partial charge in [0.2, 0.25) is 11.1 Å². The molecule has 0 aliphatic carbocycles. The van der Waals surface area contributed by atoms with Gasteiger partial charge in [0.1, 0.15) is 12.6 Å². The zero-order valence-electron chi connectivity index (χ0n) is 18.1. The van der Waals surface area contributed by atoms with Gasteiger partial charge in [-0.15, -0.1) is 5.10 Å². The Balaban J connectivity index is 1.73. The largest absolute Gasteiger partial charge is 0.458 e. The van der Waals surface area contributed by atoms with Gasteiger partial charge in [0.25, 0.3) is 5.69 Å². The van der Waals surface area contributed by atoms with Gasteiger partial charge in [0.05, 0.1) is 10.5 Å². The van der Waals surface area contributed by atoms with E-state index in [0.29, 0.717) is 33.1 Å². The number of hydrogen-bond donors (Lipinski definition) is 1. The number of rotatable bonds is 8. The van der Waals surface area contributed by atoms with Crippen molar-refractivity contribution in [2.24, 2.45) is 0 Å². The average molecular weight is 498 g/mol. The molecular formula is C23H20ClN5O4S. The van der Waals surface area contributed by atoms with Crippen LogP contribution in [0.2, 0.25) is 5.02 Å². The number of nitrogens with zero attached hydrogens (tertiary/aromatic N) is 4. The number of carbonyl (C=O) groups excluding carboxylic acids is 1. The summed E-state index contributed by atoms with van der Waals surface area (Å²) in [4.78, 5) is 28.4. The standard InChI is InChI=1S/C23H20ClN5O4S/c1-3-11-33-21(30)19-14(2)25-22-26-23(34-13-16-7-4-5-10-18(16)24)27-28(22)20(19)15-8-6-9-17(12-15)29(31)32/h3-10,12,20H,1,11,13H2,2H3,(H,25,26,27). The van der Waals surface area contributed by atoms with Crippen molar-refractivity contribution in [1.29, 1.82) is 0 Å². The number of non-ortho nitro benzene ring substituents is 1. The lowest BCUT2D eigenvalue weighted by atomic mass is 9.95. The molecule has 0 radical (unpaired) electrons. The van der Waals surface area contributed by atoms with Gasteiger partial charge < -0.3 is 10.1 Å². The molecule has 0 saturated heterocycles. The maximum atomic E-state index is 13.0. The molecule has 2 aromatic carbocycles. The van der Waals surface area contributed by atoms with E-state index in [1.165, 1.54) is 30.0 Å². The van der Waals surface area contributed by atoms with Crippen LogP contribution < -0.4 is 5.32 Å². The third-order valence-electron chi connectivity index (χ3n) is 5.10. The molecule has 174 valence electrons. The summed E-state index contributed by atoms with van der Waals surface area (Å²) in [5.41, 5.74) is 2.15. The quantitative estimate of drug-likeness (QED) is 0.149. The van der Waals surface area contributed by atoms with Crippen LogP contribution in [0.5, 0.6) is 0 Å². The summed E-state index contributed by atoms with van der Waals surface area (Å²) in [7, 11) is 0. The summed E-state index contributed by atoms with van der Waals surface area (Å²) in [6.07, 6.45) is 1.47. The number of nitro groups is 1. The molecule has 2 heterocycles. The van der Waals surface area contributed by atoms with E-state index >= 15 is 0 Å². The molecule has 0 fully saturated rings. The molecule has 1 aromatic heterocycles. The van der Waals surface area contributed by atoms with E-state index in [1.54, 1.807) is 23.7 Å². The van der Waals surface area contributed by atoms with Gasteiger partial charge in [-0.3, -0.25) is 10.1 Å². The number of allylic oxidation sites excluding steroid dienone is 1. The van der Waals surface area contributed by atoms with Crippen molar-refractivity contribution in [3.63, 3.8) is 0 Å². The van der Waals surface area contributed by atoms with Gasteiger partial charge in [-0.25, -0.2) is 9.48 Å². The second-order valence-corrected chi connectivity index (χ2v) is 8.70. The Bertz CT molecular complexity index is 1310. The fourth-order valence-electron chi connectivity index (χ4n) is 3.54. The molecule has 3 aromatic rings. The number of hydrogen-bond acceptors (Lipinski definition) is 8. The summed E-state index contributed by atoms with van der Waals surface area (Å²) in [6.45, 7) is 5.33. The molecule has 34 heavy (non-hydrogen) atoms. The van der Waals surface area contributed by atoms with Crippen LogP contribution in [0.4, 0.5) is 11.6 Å². The first kappa shape index (κ1) is 23.5. The lowest BCUT2D eigenvalue weighted by Crippen LogP contribution is -2.29. The number of benzene rings is 2. The molecule has 1 atom stereocenters. The molecule has 9 nitrogen and oxygen atoms in total. The third-order valence-corrected chi connectivity index (χ3v) is 6.35. The van der Waals surface area contributed by atoms with Crippen molar-refractivity contribution >= 4 is 41.0 Å². The Labute approximate surface area is 204 Å². The van der Waals surface area contributed by atoms with E-state index in [9.17, 15) is 14.9 Å². The second kappa shape index (κ2) is 10.1. The van der Waals surface area contributed by atoms with Crippen LogP contribution in [0.25, 0.3) is 0 Å². The van der Waals surface area contributed by atoms with E-state index in [-0.39, 0.29) is 17.9 Å². The molecule has 11 heteroatoms. The number of halogens is 1. The van der Waals surface area contributed by atoms with Crippen LogP contribution in [0, 0.1) is 10.1 Å². The van der Waals surface area contributed by atoms with Crippen LogP contribution >= 0.6 is 23.4 Å². The first-order valence-corrected chi connectivity index (χ1v) is 11.6. The highest BCUT2D eigenvalue weighted by Gasteiger charge is 2.35. The first-order valence-electron chi connectivity index (χ1n) is 10.2. The topological polar surface area (TPSA) is 112 Å². The molecule has 0 bridgehead atoms. The fraction of sp³-hybridized carbons (Fsp3) is 0.174. The summed E-state index contributed by atoms with van der Waals surface area (Å²) >= 11 is 7.65. The summed E-state index contributed by atoms with van der Waals surface area (Å²) in [5.74, 6) is 0.384. The first-order chi connectivity index (χ1) is 16.4. The summed E-state index contributed by atoms with van der Waals surface area (Å²) in [5, 5.41) is 20.2. The van der Waals surface area contributed by atoms with Crippen molar-refractivity contribution in [2.45, 2.75) is 23.9 Å². The second-order valence-electron chi connectivity index (χ2n) is 7.35. The number of anilines is 1. The van der Waals surface area contributed by atoms with Gasteiger partial charge in [0.15, 0.2) is 0 Å². The Kier molecular flexibility index (Phi) is 6.99. The van der Waals surface area contributed by atoms with Crippen molar-refractivity contribution in [3.8, 4) is 0 Å². The molecule has 4 rings (SSSR count). The third kappa shape index (κ3) is 4.82. The van der Waals surface area contributed by atoms with E-state index in [0.717, 1.165) is 5.56 Å². The minimum atomic E-state index is -0.768. The maximum absolute atomic E-state index is 13.0. The minimum absolute atomic E-state index is 0.0282. The smallest absolute Gasteiger partial charge is 0.338 e.